The standard InChI is InChI=1S/C12H12O2S2/c1-5-9-6(2)11(8(4)14)16-12(9)15-10(5)7(3)13/h1-4H3. The van der Waals surface area contributed by atoms with Crippen LogP contribution in [0, 0.1) is 13.8 Å². The van der Waals surface area contributed by atoms with E-state index in [1.807, 2.05) is 13.8 Å². The predicted molar refractivity (Wildman–Crippen MR) is 69.2 cm³/mol. The number of carbonyl (C=O) groups is 2. The Morgan fingerprint density at radius 3 is 1.50 bits per heavy atom. The van der Waals surface area contributed by atoms with Gasteiger partial charge >= 0.3 is 0 Å². The van der Waals surface area contributed by atoms with Crippen molar-refractivity contribution in [2.75, 3.05) is 0 Å². The van der Waals surface area contributed by atoms with Crippen molar-refractivity contribution in [3.05, 3.63) is 20.9 Å². The second-order valence-corrected chi connectivity index (χ2v) is 6.19. The molecule has 0 unspecified atom stereocenters. The fourth-order valence-electron chi connectivity index (χ4n) is 1.95. The Bertz CT molecular complexity index is 553. The zero-order chi connectivity index (χ0) is 12.0. The van der Waals surface area contributed by atoms with Gasteiger partial charge in [0.25, 0.3) is 0 Å². The summed E-state index contributed by atoms with van der Waals surface area (Å²) < 4.78 is 1.09. The van der Waals surface area contributed by atoms with Crippen LogP contribution in [0.1, 0.15) is 44.3 Å². The smallest absolute Gasteiger partial charge is 0.170 e. The molecule has 0 amide bonds. The molecule has 0 aliphatic carbocycles. The molecule has 0 atom stereocenters. The highest BCUT2D eigenvalue weighted by molar-refractivity contribution is 7.40. The summed E-state index contributed by atoms with van der Waals surface area (Å²) in [5.41, 5.74) is 2.04. The molecule has 2 aromatic heterocycles. The average Bonchev–Trinajstić information content (AvgIpc) is 2.66. The Balaban J connectivity index is 2.79. The molecule has 0 spiro atoms. The summed E-state index contributed by atoms with van der Waals surface area (Å²) in [4.78, 5) is 24.5. The second kappa shape index (κ2) is 3.79. The molecule has 0 radical (unpaired) electrons. The largest absolute Gasteiger partial charge is 0.294 e. The highest BCUT2D eigenvalue weighted by Gasteiger charge is 2.19. The van der Waals surface area contributed by atoms with Gasteiger partial charge in [0, 0.05) is 5.39 Å². The lowest BCUT2D eigenvalue weighted by atomic mass is 10.1. The first kappa shape index (κ1) is 11.5. The highest BCUT2D eigenvalue weighted by Crippen LogP contribution is 2.40. The number of thiophene rings is 2. The minimum absolute atomic E-state index is 0.106. The maximum absolute atomic E-state index is 11.4. The predicted octanol–water partition coefficient (Wildman–Crippen LogP) is 3.98. The van der Waals surface area contributed by atoms with Crippen LogP contribution in [0.5, 0.6) is 0 Å². The quantitative estimate of drug-likeness (QED) is 0.757. The topological polar surface area (TPSA) is 34.1 Å². The summed E-state index contributed by atoms with van der Waals surface area (Å²) in [5, 5.41) is 1.10. The fourth-order valence-corrected chi connectivity index (χ4v) is 4.60. The van der Waals surface area contributed by atoms with E-state index >= 15 is 0 Å². The summed E-state index contributed by atoms with van der Waals surface area (Å²) in [6.07, 6.45) is 0. The van der Waals surface area contributed by atoms with Crippen LogP contribution in [0.3, 0.4) is 0 Å². The number of carbonyl (C=O) groups excluding carboxylic acids is 2. The molecular formula is C12H12O2S2. The van der Waals surface area contributed by atoms with Crippen LogP contribution < -0.4 is 0 Å². The van der Waals surface area contributed by atoms with Gasteiger partial charge in [-0.15, -0.1) is 22.7 Å². The number of Topliss-reactive ketones (excluding diaryl/α,β-unsaturated/α-hetero) is 2. The number of hydrogen-bond acceptors (Lipinski definition) is 4. The monoisotopic (exact) mass is 252 g/mol. The van der Waals surface area contributed by atoms with E-state index < -0.39 is 0 Å². The Morgan fingerprint density at radius 1 is 0.875 bits per heavy atom. The highest BCUT2D eigenvalue weighted by atomic mass is 32.2. The van der Waals surface area contributed by atoms with Crippen molar-refractivity contribution in [3.63, 3.8) is 0 Å². The fraction of sp³-hybridized carbons (Fsp3) is 0.333. The van der Waals surface area contributed by atoms with E-state index in [0.29, 0.717) is 0 Å². The van der Waals surface area contributed by atoms with Gasteiger partial charge in [0.05, 0.1) is 13.8 Å². The third-order valence-corrected chi connectivity index (χ3v) is 5.54. The van der Waals surface area contributed by atoms with Crippen LogP contribution in [0.15, 0.2) is 0 Å². The molecule has 2 nitrogen and oxygen atoms in total. The van der Waals surface area contributed by atoms with Crippen LogP contribution in [0.4, 0.5) is 0 Å². The van der Waals surface area contributed by atoms with Gasteiger partial charge in [0.2, 0.25) is 0 Å². The minimum Gasteiger partial charge on any atom is -0.294 e. The van der Waals surface area contributed by atoms with Gasteiger partial charge in [0.15, 0.2) is 11.6 Å². The first-order valence-electron chi connectivity index (χ1n) is 4.97. The van der Waals surface area contributed by atoms with Crippen LogP contribution in [0.2, 0.25) is 0 Å². The van der Waals surface area contributed by atoms with Crippen LogP contribution in [0.25, 0.3) is 9.40 Å². The van der Waals surface area contributed by atoms with Crippen LogP contribution in [-0.4, -0.2) is 11.6 Å². The normalized spacial score (nSPS) is 11.0. The molecule has 0 N–H and O–H groups in total. The molecule has 0 fully saturated rings. The lowest BCUT2D eigenvalue weighted by Gasteiger charge is -1.95. The lowest BCUT2D eigenvalue weighted by Crippen LogP contribution is -1.92. The van der Waals surface area contributed by atoms with E-state index in [1.54, 1.807) is 13.8 Å². The van der Waals surface area contributed by atoms with Gasteiger partial charge in [-0.05, 0) is 38.8 Å². The summed E-state index contributed by atoms with van der Waals surface area (Å²) in [5.74, 6) is 0.212. The first-order valence-corrected chi connectivity index (χ1v) is 6.61. The van der Waals surface area contributed by atoms with E-state index in [-0.39, 0.29) is 11.6 Å². The van der Waals surface area contributed by atoms with Gasteiger partial charge in [-0.3, -0.25) is 9.59 Å². The molecule has 0 aliphatic heterocycles. The Hall–Kier alpha value is -1.00. The third-order valence-electron chi connectivity index (χ3n) is 2.66. The SMILES string of the molecule is CC(=O)c1sc2sc(C(C)=O)c(C)c2c1C. The molecular weight excluding hydrogens is 240 g/mol. The van der Waals surface area contributed by atoms with Crippen molar-refractivity contribution in [2.45, 2.75) is 27.7 Å². The van der Waals surface area contributed by atoms with E-state index in [0.717, 1.165) is 30.3 Å². The Kier molecular flexibility index (Phi) is 2.72. The van der Waals surface area contributed by atoms with Crippen molar-refractivity contribution in [2.24, 2.45) is 0 Å². The zero-order valence-corrected chi connectivity index (χ0v) is 11.3. The third kappa shape index (κ3) is 1.53. The van der Waals surface area contributed by atoms with Gasteiger partial charge in [-0.1, -0.05) is 0 Å². The van der Waals surface area contributed by atoms with E-state index in [9.17, 15) is 9.59 Å². The molecule has 2 aromatic rings. The summed E-state index contributed by atoms with van der Waals surface area (Å²) in [6, 6.07) is 0. The molecule has 16 heavy (non-hydrogen) atoms. The maximum atomic E-state index is 11.4. The lowest BCUT2D eigenvalue weighted by molar-refractivity contribution is 0.101. The molecule has 0 aromatic carbocycles. The molecule has 84 valence electrons. The van der Waals surface area contributed by atoms with Crippen molar-refractivity contribution < 1.29 is 9.59 Å². The number of hydrogen-bond donors (Lipinski definition) is 0. The van der Waals surface area contributed by atoms with Crippen LogP contribution >= 0.6 is 22.7 Å². The van der Waals surface area contributed by atoms with Crippen molar-refractivity contribution in [1.82, 2.24) is 0 Å². The number of rotatable bonds is 2. The van der Waals surface area contributed by atoms with Crippen LogP contribution in [-0.2, 0) is 0 Å². The van der Waals surface area contributed by atoms with Crippen molar-refractivity contribution in [1.29, 1.82) is 0 Å². The molecule has 0 saturated heterocycles. The molecule has 0 aliphatic rings. The summed E-state index contributed by atoms with van der Waals surface area (Å²) >= 11 is 3.00. The Morgan fingerprint density at radius 2 is 1.25 bits per heavy atom. The van der Waals surface area contributed by atoms with Crippen molar-refractivity contribution in [3.8, 4) is 0 Å². The zero-order valence-electron chi connectivity index (χ0n) is 9.63. The van der Waals surface area contributed by atoms with E-state index in [4.69, 9.17) is 0 Å². The Labute approximate surface area is 102 Å². The maximum Gasteiger partial charge on any atom is 0.170 e. The average molecular weight is 252 g/mol. The van der Waals surface area contributed by atoms with E-state index in [2.05, 4.69) is 0 Å². The van der Waals surface area contributed by atoms with Gasteiger partial charge in [-0.25, -0.2) is 0 Å². The number of fused-ring (bicyclic) bond motifs is 1. The van der Waals surface area contributed by atoms with Gasteiger partial charge in [-0.2, -0.15) is 0 Å². The molecule has 4 heteroatoms. The van der Waals surface area contributed by atoms with Crippen molar-refractivity contribution >= 4 is 43.6 Å². The van der Waals surface area contributed by atoms with E-state index in [1.165, 1.54) is 22.7 Å². The minimum atomic E-state index is 0.106. The molecule has 2 rings (SSSR count). The summed E-state index contributed by atoms with van der Waals surface area (Å²) in [6.45, 7) is 7.09. The second-order valence-electron chi connectivity index (χ2n) is 3.89. The first-order chi connectivity index (χ1) is 7.43. The van der Waals surface area contributed by atoms with Gasteiger partial charge in [0.1, 0.15) is 0 Å². The summed E-state index contributed by atoms with van der Waals surface area (Å²) in [7, 11) is 0. The number of ketones is 2. The molecule has 2 heterocycles. The molecule has 0 bridgehead atoms. The van der Waals surface area contributed by atoms with Gasteiger partial charge < -0.3 is 0 Å². The molecule has 0 saturated carbocycles. The number of aryl methyl sites for hydroxylation is 2.